The third-order valence-electron chi connectivity index (χ3n) is 15.4. The summed E-state index contributed by atoms with van der Waals surface area (Å²) in [7, 11) is 0. The molecule has 4 N–H and O–H groups in total. The van der Waals surface area contributed by atoms with E-state index in [1.165, 1.54) is 121 Å². The van der Waals surface area contributed by atoms with E-state index < -0.39 is 72.3 Å². The van der Waals surface area contributed by atoms with Crippen molar-refractivity contribution in [3.63, 3.8) is 0 Å². The van der Waals surface area contributed by atoms with Crippen LogP contribution in [0.5, 0.6) is 0 Å². The van der Waals surface area contributed by atoms with Crippen LogP contribution in [0.25, 0.3) is 56.6 Å². The Labute approximate surface area is 559 Å². The van der Waals surface area contributed by atoms with Crippen molar-refractivity contribution in [1.29, 1.82) is 0 Å². The number of rotatable bonds is 38. The fourth-order valence-corrected chi connectivity index (χ4v) is 12.5. The van der Waals surface area contributed by atoms with E-state index in [0.717, 1.165) is 79.3 Å². The highest BCUT2D eigenvalue weighted by Gasteiger charge is 2.34. The van der Waals surface area contributed by atoms with E-state index in [-0.39, 0.29) is 56.4 Å². The minimum absolute atomic E-state index is 0.000952. The molecule has 2 heterocycles. The SMILES string of the molecule is CC(COC(=O)c1cn(-c2cc(C(=O)O)ccc2/C=C/c2ccc(C(=O)O)cc2N=[N+]=[N-])nn1)(COC(=O)c1cn(-c2cc(C(=O)O)ccc2/C=C/c2ccc(C(=O)O)cc2N=[N+]=[N-])nn1)COC(=O)C(CSCCCCCCC1C=CC=C1)SCCCCCCC1C=CC=C1. The molecule has 0 fully saturated rings. The lowest BCUT2D eigenvalue weighted by Gasteiger charge is -2.28. The van der Waals surface area contributed by atoms with Gasteiger partial charge in [0.15, 0.2) is 11.4 Å². The highest BCUT2D eigenvalue weighted by molar-refractivity contribution is 8.03. The van der Waals surface area contributed by atoms with E-state index in [0.29, 0.717) is 45.6 Å². The second kappa shape index (κ2) is 35.5. The molecule has 28 heteroatoms. The maximum atomic E-state index is 14.3. The lowest BCUT2D eigenvalue weighted by molar-refractivity contribution is -0.148. The summed E-state index contributed by atoms with van der Waals surface area (Å²) in [5.41, 5.74) is 17.3. The van der Waals surface area contributed by atoms with Crippen molar-refractivity contribution in [3.8, 4) is 11.4 Å². The van der Waals surface area contributed by atoms with Crippen LogP contribution in [0.2, 0.25) is 0 Å². The van der Waals surface area contributed by atoms with Crippen LogP contribution >= 0.6 is 23.5 Å². The summed E-state index contributed by atoms with van der Waals surface area (Å²) < 4.78 is 20.0. The van der Waals surface area contributed by atoms with Gasteiger partial charge in [0.2, 0.25) is 0 Å². The second-order valence-corrected chi connectivity index (χ2v) is 25.2. The van der Waals surface area contributed by atoms with Crippen LogP contribution in [0.3, 0.4) is 0 Å². The largest absolute Gasteiger partial charge is 0.478 e. The number of benzene rings is 4. The number of allylic oxidation sites excluding steroid dienone is 8. The molecule has 0 saturated carbocycles. The van der Waals surface area contributed by atoms with Gasteiger partial charge in [0, 0.05) is 38.1 Å². The molecule has 1 unspecified atom stereocenters. The molecule has 2 aromatic heterocycles. The van der Waals surface area contributed by atoms with Crippen molar-refractivity contribution in [3.05, 3.63) is 211 Å². The number of aromatic carboxylic acids is 4. The minimum Gasteiger partial charge on any atom is -0.478 e. The first-order valence-corrected chi connectivity index (χ1v) is 32.8. The number of thioether (sulfide) groups is 2. The zero-order chi connectivity index (χ0) is 68.4. The van der Waals surface area contributed by atoms with Crippen LogP contribution in [-0.4, -0.2) is 135 Å². The molecule has 0 amide bonds. The molecule has 496 valence electrons. The average Bonchev–Trinajstić information content (AvgIpc) is 1.56. The molecule has 0 bridgehead atoms. The fraction of sp³-hybridized carbons (Fsp3) is 0.309. The van der Waals surface area contributed by atoms with Crippen molar-refractivity contribution >= 4 is 101 Å². The van der Waals surface area contributed by atoms with Crippen LogP contribution in [0.15, 0.2) is 144 Å². The average molecular weight is 1340 g/mol. The first kappa shape index (κ1) is 71.1. The Hall–Kier alpha value is -10.8. The molecule has 96 heavy (non-hydrogen) atoms. The van der Waals surface area contributed by atoms with Gasteiger partial charge in [-0.15, -0.1) is 22.0 Å². The summed E-state index contributed by atoms with van der Waals surface area (Å²) in [6, 6.07) is 16.0. The molecule has 0 radical (unpaired) electrons. The second-order valence-electron chi connectivity index (χ2n) is 22.7. The Kier molecular flexibility index (Phi) is 26.3. The maximum absolute atomic E-state index is 14.3. The smallest absolute Gasteiger partial charge is 0.360 e. The first-order chi connectivity index (χ1) is 46.4. The van der Waals surface area contributed by atoms with E-state index in [9.17, 15) is 65.1 Å². The summed E-state index contributed by atoms with van der Waals surface area (Å²) in [6.07, 6.45) is 36.0. The Morgan fingerprint density at radius 3 is 1.35 bits per heavy atom. The van der Waals surface area contributed by atoms with Crippen molar-refractivity contribution in [2.75, 3.05) is 37.1 Å². The molecule has 4 aromatic carbocycles. The van der Waals surface area contributed by atoms with Crippen molar-refractivity contribution in [2.24, 2.45) is 27.5 Å². The number of carbonyl (C=O) groups excluding carboxylic acids is 3. The van der Waals surface area contributed by atoms with E-state index in [2.05, 4.69) is 89.3 Å². The van der Waals surface area contributed by atoms with Crippen LogP contribution in [0, 0.1) is 17.3 Å². The number of carboxylic acid groups (broad SMARTS) is 4. The number of azide groups is 2. The summed E-state index contributed by atoms with van der Waals surface area (Å²) >= 11 is 3.19. The van der Waals surface area contributed by atoms with Gasteiger partial charge in [0.1, 0.15) is 25.1 Å². The van der Waals surface area contributed by atoms with Gasteiger partial charge in [-0.05, 0) is 127 Å². The van der Waals surface area contributed by atoms with Crippen molar-refractivity contribution in [2.45, 2.75) is 76.4 Å². The van der Waals surface area contributed by atoms with Crippen LogP contribution in [-0.2, 0) is 19.0 Å². The molecule has 1 atom stereocenters. The van der Waals surface area contributed by atoms with Crippen LogP contribution in [0.4, 0.5) is 11.4 Å². The molecular weight excluding hydrogens is 1270 g/mol. The number of carbonyl (C=O) groups is 7. The third-order valence-corrected chi connectivity index (χ3v) is 18.0. The maximum Gasteiger partial charge on any atom is 0.360 e. The van der Waals surface area contributed by atoms with Gasteiger partial charge < -0.3 is 34.6 Å². The Morgan fingerprint density at radius 2 is 0.927 bits per heavy atom. The predicted octanol–water partition coefficient (Wildman–Crippen LogP) is 14.6. The van der Waals surface area contributed by atoms with Gasteiger partial charge in [-0.2, -0.15) is 11.8 Å². The number of ether oxygens (including phenoxy) is 3. The molecule has 2 aliphatic rings. The Morgan fingerprint density at radius 1 is 0.542 bits per heavy atom. The predicted molar refractivity (Wildman–Crippen MR) is 362 cm³/mol. The summed E-state index contributed by atoms with van der Waals surface area (Å²) in [5, 5.41) is 61.8. The van der Waals surface area contributed by atoms with Gasteiger partial charge >= 0.3 is 41.8 Å². The van der Waals surface area contributed by atoms with Crippen LogP contribution < -0.4 is 0 Å². The molecule has 26 nitrogen and oxygen atoms in total. The molecule has 6 aromatic rings. The zero-order valence-corrected chi connectivity index (χ0v) is 53.7. The Balaban J connectivity index is 1.01. The fourth-order valence-electron chi connectivity index (χ4n) is 10.1. The molecule has 0 spiro atoms. The van der Waals surface area contributed by atoms with E-state index in [1.54, 1.807) is 18.7 Å². The lowest BCUT2D eigenvalue weighted by Crippen LogP contribution is -2.38. The normalized spacial score (nSPS) is 13.6. The number of carboxylic acids is 4. The van der Waals surface area contributed by atoms with Crippen molar-refractivity contribution < 1.29 is 68.2 Å². The van der Waals surface area contributed by atoms with Gasteiger partial charge in [0.25, 0.3) is 0 Å². The quantitative estimate of drug-likeness (QED) is 0.00532. The highest BCUT2D eigenvalue weighted by Crippen LogP contribution is 2.31. The van der Waals surface area contributed by atoms with E-state index in [4.69, 9.17) is 14.2 Å². The van der Waals surface area contributed by atoms with Gasteiger partial charge in [-0.25, -0.2) is 38.1 Å². The standard InChI is InChI=1S/C68H68N12O14S2/c1-68(43-94-67(91)60(96-33-13-5-3-7-15-45-18-10-11-19-45)40-95-32-12-4-2-6-14-44-16-8-9-17-44,41-92-65(89)56-38-79(77-73-56)58-36-52(63(85)86)30-26-48(58)24-20-46-22-28-50(61(81)82)34-54(46)71-75-69)42-93-66(90)57-39-80(78-74-57)59-37-53(64(87)88)31-27-49(59)25-21-47-23-29-51(62(83)84)35-55(47)72-76-70/h8-11,16-31,34-39,44-45,60H,2-7,12-15,32-33,40-43H2,1H3,(H,81,82)(H,83,84)(H,85,86)(H,87,88)/b24-20+,25-21+. The lowest BCUT2D eigenvalue weighted by atomic mass is 9.94. The minimum atomic E-state index is -1.46. The zero-order valence-electron chi connectivity index (χ0n) is 52.1. The number of hydrogen-bond donors (Lipinski definition) is 4. The first-order valence-electron chi connectivity index (χ1n) is 30.6. The van der Waals surface area contributed by atoms with Gasteiger partial charge in [-0.1, -0.05) is 156 Å². The van der Waals surface area contributed by atoms with Crippen LogP contribution in [0.1, 0.15) is 156 Å². The molecular formula is C68H68N12O14S2. The topological polar surface area (TPSA) is 387 Å². The number of nitrogens with zero attached hydrogens (tertiary/aromatic N) is 12. The Bertz CT molecular complexity index is 3910. The number of aromatic nitrogens is 6. The molecule has 0 saturated heterocycles. The highest BCUT2D eigenvalue weighted by atomic mass is 32.2. The number of esters is 3. The summed E-state index contributed by atoms with van der Waals surface area (Å²) in [4.78, 5) is 95.7. The summed E-state index contributed by atoms with van der Waals surface area (Å²) in [5.74, 6) is -4.63. The molecule has 8 rings (SSSR count). The van der Waals surface area contributed by atoms with Crippen molar-refractivity contribution in [1.82, 2.24) is 30.0 Å². The molecule has 0 aliphatic heterocycles. The molecule has 2 aliphatic carbocycles. The van der Waals surface area contributed by atoms with E-state index >= 15 is 0 Å². The third kappa shape index (κ3) is 20.9. The number of unbranched alkanes of at least 4 members (excludes halogenated alkanes) is 6. The summed E-state index contributed by atoms with van der Waals surface area (Å²) in [6.45, 7) is 0.0816. The monoisotopic (exact) mass is 1340 g/mol. The van der Waals surface area contributed by atoms with Gasteiger partial charge in [0.05, 0.1) is 51.4 Å². The van der Waals surface area contributed by atoms with Gasteiger partial charge in [-0.3, -0.25) is 4.79 Å². The number of hydrogen-bond acceptors (Lipinski definition) is 18. The van der Waals surface area contributed by atoms with E-state index in [1.807, 2.05) is 0 Å².